The normalized spacial score (nSPS) is 11.1. The predicted molar refractivity (Wildman–Crippen MR) is 101 cm³/mol. The van der Waals surface area contributed by atoms with E-state index in [0.717, 1.165) is 16.7 Å². The molecule has 0 atom stereocenters. The van der Waals surface area contributed by atoms with Gasteiger partial charge >= 0.3 is 6.09 Å². The number of halogens is 1. The summed E-state index contributed by atoms with van der Waals surface area (Å²) in [4.78, 5) is 16.7. The zero-order chi connectivity index (χ0) is 18.4. The molecule has 0 aliphatic carbocycles. The van der Waals surface area contributed by atoms with Gasteiger partial charge in [0.15, 0.2) is 0 Å². The molecule has 0 aliphatic rings. The van der Waals surface area contributed by atoms with Gasteiger partial charge in [-0.1, -0.05) is 53.7 Å². The fraction of sp³-hybridized carbons (Fsp3) is 0.0476. The zero-order valence-electron chi connectivity index (χ0n) is 14.1. The van der Waals surface area contributed by atoms with Crippen LogP contribution in [0.1, 0.15) is 12.5 Å². The summed E-state index contributed by atoms with van der Waals surface area (Å²) in [6.07, 6.45) is -0.741. The van der Waals surface area contributed by atoms with E-state index in [9.17, 15) is 9.18 Å². The Labute approximate surface area is 150 Å². The highest BCUT2D eigenvalue weighted by atomic mass is 19.1. The summed E-state index contributed by atoms with van der Waals surface area (Å²) in [5.41, 5.74) is 3.99. The number of hydrogen-bond donors (Lipinski definition) is 1. The lowest BCUT2D eigenvalue weighted by Gasteiger charge is -2.06. The first kappa shape index (κ1) is 17.4. The maximum Gasteiger partial charge on any atom is 0.437 e. The average molecular weight is 348 g/mol. The van der Waals surface area contributed by atoms with E-state index < -0.39 is 6.09 Å². The van der Waals surface area contributed by atoms with E-state index in [1.54, 1.807) is 6.92 Å². The lowest BCUT2D eigenvalue weighted by atomic mass is 10.0. The summed E-state index contributed by atoms with van der Waals surface area (Å²) in [5.74, 6) is -0.379. The number of carbonyl (C=O) groups is 1. The topological polar surface area (TPSA) is 50.7 Å². The molecule has 0 spiro atoms. The second kappa shape index (κ2) is 8.07. The van der Waals surface area contributed by atoms with E-state index in [-0.39, 0.29) is 5.82 Å². The van der Waals surface area contributed by atoms with E-state index in [0.29, 0.717) is 11.4 Å². The number of carbonyl (C=O) groups excluding carboxylic acids is 1. The van der Waals surface area contributed by atoms with Gasteiger partial charge in [-0.25, -0.2) is 9.18 Å². The lowest BCUT2D eigenvalue weighted by molar-refractivity contribution is 0.166. The minimum atomic E-state index is -0.741. The molecule has 3 aromatic carbocycles. The van der Waals surface area contributed by atoms with Gasteiger partial charge < -0.3 is 0 Å². The maximum atomic E-state index is 12.9. The molecule has 4 nitrogen and oxygen atoms in total. The average Bonchev–Trinajstić information content (AvgIpc) is 2.69. The van der Waals surface area contributed by atoms with Crippen molar-refractivity contribution in [3.8, 4) is 11.1 Å². The van der Waals surface area contributed by atoms with Crippen molar-refractivity contribution in [2.75, 3.05) is 5.32 Å². The van der Waals surface area contributed by atoms with E-state index in [2.05, 4.69) is 10.5 Å². The highest BCUT2D eigenvalue weighted by Gasteiger charge is 2.06. The minimum absolute atomic E-state index is 0.379. The number of oxime groups is 1. The summed E-state index contributed by atoms with van der Waals surface area (Å²) in [6, 6.07) is 23.2. The van der Waals surface area contributed by atoms with Crippen molar-refractivity contribution in [1.82, 2.24) is 0 Å². The molecule has 0 bridgehead atoms. The summed E-state index contributed by atoms with van der Waals surface area (Å²) in [6.45, 7) is 1.76. The second-order valence-electron chi connectivity index (χ2n) is 5.63. The molecule has 0 aromatic heterocycles. The Hall–Kier alpha value is -3.47. The Balaban J connectivity index is 1.67. The molecular formula is C21H17FN2O2. The SMILES string of the molecule is C/C(=N/OC(=O)Nc1ccc(F)cc1)c1cccc(-c2ccccc2)c1. The van der Waals surface area contributed by atoms with Crippen molar-refractivity contribution in [3.63, 3.8) is 0 Å². The molecule has 0 saturated heterocycles. The van der Waals surface area contributed by atoms with Crippen LogP contribution >= 0.6 is 0 Å². The molecule has 1 amide bonds. The van der Waals surface area contributed by atoms with Gasteiger partial charge in [0.1, 0.15) is 5.82 Å². The number of rotatable bonds is 4. The first-order chi connectivity index (χ1) is 12.6. The summed E-state index contributed by atoms with van der Waals surface area (Å²) in [5, 5.41) is 6.35. The number of anilines is 1. The number of hydrogen-bond acceptors (Lipinski definition) is 3. The first-order valence-corrected chi connectivity index (χ1v) is 8.06. The zero-order valence-corrected chi connectivity index (χ0v) is 14.1. The molecule has 130 valence electrons. The van der Waals surface area contributed by atoms with Crippen LogP contribution in [-0.2, 0) is 4.84 Å². The minimum Gasteiger partial charge on any atom is -0.298 e. The van der Waals surface area contributed by atoms with E-state index in [1.807, 2.05) is 54.6 Å². The first-order valence-electron chi connectivity index (χ1n) is 8.06. The molecule has 3 aromatic rings. The van der Waals surface area contributed by atoms with Gasteiger partial charge in [0.25, 0.3) is 0 Å². The van der Waals surface area contributed by atoms with Crippen molar-refractivity contribution in [2.45, 2.75) is 6.92 Å². The smallest absolute Gasteiger partial charge is 0.298 e. The molecule has 0 radical (unpaired) electrons. The summed E-state index contributed by atoms with van der Waals surface area (Å²) < 4.78 is 12.9. The summed E-state index contributed by atoms with van der Waals surface area (Å²) in [7, 11) is 0. The van der Waals surface area contributed by atoms with Crippen LogP contribution in [0.3, 0.4) is 0 Å². The van der Waals surface area contributed by atoms with Crippen LogP contribution in [0.15, 0.2) is 84.0 Å². The van der Waals surface area contributed by atoms with Crippen LogP contribution < -0.4 is 5.32 Å². The van der Waals surface area contributed by atoms with Crippen LogP contribution in [0.5, 0.6) is 0 Å². The highest BCUT2D eigenvalue weighted by molar-refractivity contribution is 5.99. The highest BCUT2D eigenvalue weighted by Crippen LogP contribution is 2.20. The largest absolute Gasteiger partial charge is 0.437 e. The molecule has 0 saturated carbocycles. The predicted octanol–water partition coefficient (Wildman–Crippen LogP) is 5.47. The fourth-order valence-electron chi connectivity index (χ4n) is 2.39. The van der Waals surface area contributed by atoms with Crippen LogP contribution in [0.2, 0.25) is 0 Å². The van der Waals surface area contributed by atoms with Crippen LogP contribution in [0.4, 0.5) is 14.9 Å². The lowest BCUT2D eigenvalue weighted by Crippen LogP contribution is -2.12. The quantitative estimate of drug-likeness (QED) is 0.386. The van der Waals surface area contributed by atoms with E-state index in [4.69, 9.17) is 4.84 Å². The molecule has 0 aliphatic heterocycles. The monoisotopic (exact) mass is 348 g/mol. The Bertz CT molecular complexity index is 922. The molecule has 0 heterocycles. The number of benzene rings is 3. The molecule has 26 heavy (non-hydrogen) atoms. The van der Waals surface area contributed by atoms with Crippen molar-refractivity contribution < 1.29 is 14.0 Å². The molecule has 1 N–H and O–H groups in total. The number of nitrogens with one attached hydrogen (secondary N) is 1. The van der Waals surface area contributed by atoms with Crippen molar-refractivity contribution >= 4 is 17.5 Å². The Kier molecular flexibility index (Phi) is 5.39. The number of nitrogens with zero attached hydrogens (tertiary/aromatic N) is 1. The second-order valence-corrected chi connectivity index (χ2v) is 5.63. The molecule has 0 unspecified atom stereocenters. The standard InChI is InChI=1S/C21H17FN2O2/c1-15(24-26-21(25)23-20-12-10-19(22)11-13-20)17-8-5-9-18(14-17)16-6-3-2-4-7-16/h2-14H,1H3,(H,23,25)/b24-15-. The third-order valence-electron chi connectivity index (χ3n) is 3.74. The Morgan fingerprint density at radius 3 is 2.35 bits per heavy atom. The van der Waals surface area contributed by atoms with E-state index in [1.165, 1.54) is 24.3 Å². The van der Waals surface area contributed by atoms with Gasteiger partial charge in [0.05, 0.1) is 5.71 Å². The van der Waals surface area contributed by atoms with Crippen LogP contribution in [-0.4, -0.2) is 11.8 Å². The van der Waals surface area contributed by atoms with Gasteiger partial charge in [-0.3, -0.25) is 10.2 Å². The maximum absolute atomic E-state index is 12.9. The fourth-order valence-corrected chi connectivity index (χ4v) is 2.39. The van der Waals surface area contributed by atoms with Gasteiger partial charge in [0, 0.05) is 5.69 Å². The van der Waals surface area contributed by atoms with Gasteiger partial charge in [-0.05, 0) is 53.9 Å². The van der Waals surface area contributed by atoms with Gasteiger partial charge in [0.2, 0.25) is 0 Å². The van der Waals surface area contributed by atoms with Gasteiger partial charge in [-0.2, -0.15) is 0 Å². The Morgan fingerprint density at radius 1 is 0.923 bits per heavy atom. The molecule has 3 rings (SSSR count). The number of amides is 1. The molecule has 5 heteroatoms. The molecular weight excluding hydrogens is 331 g/mol. The van der Waals surface area contributed by atoms with Crippen molar-refractivity contribution in [2.24, 2.45) is 5.16 Å². The van der Waals surface area contributed by atoms with Gasteiger partial charge in [-0.15, -0.1) is 0 Å². The van der Waals surface area contributed by atoms with Crippen LogP contribution in [0, 0.1) is 5.82 Å². The van der Waals surface area contributed by atoms with E-state index >= 15 is 0 Å². The van der Waals surface area contributed by atoms with Crippen LogP contribution in [0.25, 0.3) is 11.1 Å². The third-order valence-corrected chi connectivity index (χ3v) is 3.74. The van der Waals surface area contributed by atoms with Crippen molar-refractivity contribution in [1.29, 1.82) is 0 Å². The third kappa shape index (κ3) is 4.54. The molecule has 0 fully saturated rings. The summed E-state index contributed by atoms with van der Waals surface area (Å²) >= 11 is 0. The Morgan fingerprint density at radius 2 is 1.62 bits per heavy atom. The van der Waals surface area contributed by atoms with Crippen molar-refractivity contribution in [3.05, 3.63) is 90.2 Å².